The molecule has 0 saturated carbocycles. The molecule has 0 aliphatic heterocycles. The number of nitrogens with zero attached hydrogens (tertiary/aromatic N) is 1. The van der Waals surface area contributed by atoms with E-state index in [-0.39, 0.29) is 5.02 Å². The van der Waals surface area contributed by atoms with Gasteiger partial charge in [-0.1, -0.05) is 48.1 Å². The van der Waals surface area contributed by atoms with Crippen LogP contribution in [0.1, 0.15) is 11.1 Å². The van der Waals surface area contributed by atoms with Crippen molar-refractivity contribution in [3.63, 3.8) is 0 Å². The second-order valence-electron chi connectivity index (χ2n) is 4.79. The molecule has 0 aliphatic rings. The van der Waals surface area contributed by atoms with E-state index in [9.17, 15) is 4.39 Å². The van der Waals surface area contributed by atoms with Gasteiger partial charge in [-0.05, 0) is 29.1 Å². The van der Waals surface area contributed by atoms with Gasteiger partial charge in [0.1, 0.15) is 10.8 Å². The van der Waals surface area contributed by atoms with E-state index >= 15 is 0 Å². The van der Waals surface area contributed by atoms with Crippen LogP contribution in [-0.4, -0.2) is 9.56 Å². The second kappa shape index (κ2) is 5.47. The summed E-state index contributed by atoms with van der Waals surface area (Å²) in [7, 11) is 0. The van der Waals surface area contributed by atoms with Crippen LogP contribution in [-0.2, 0) is 6.54 Å². The Balaban J connectivity index is 2.06. The van der Waals surface area contributed by atoms with E-state index in [1.165, 1.54) is 6.07 Å². The van der Waals surface area contributed by atoms with Gasteiger partial charge in [0.15, 0.2) is 0 Å². The molecule has 2 nitrogen and oxygen atoms in total. The van der Waals surface area contributed by atoms with Gasteiger partial charge < -0.3 is 10.3 Å². The first-order valence-electron chi connectivity index (χ1n) is 6.38. The number of benzene rings is 2. The second-order valence-corrected chi connectivity index (χ2v) is 5.61. The number of thiocarbonyl (C=S) groups is 1. The summed E-state index contributed by atoms with van der Waals surface area (Å²) in [5.41, 5.74) is 8.20. The fourth-order valence-corrected chi connectivity index (χ4v) is 2.64. The molecule has 1 heterocycles. The third kappa shape index (κ3) is 2.64. The topological polar surface area (TPSA) is 30.9 Å². The maximum absolute atomic E-state index is 13.5. The number of nitrogens with two attached hydrogens (primary N) is 1. The molecule has 0 fully saturated rings. The molecule has 21 heavy (non-hydrogen) atoms. The van der Waals surface area contributed by atoms with Crippen LogP contribution in [0.2, 0.25) is 5.02 Å². The molecule has 0 bridgehead atoms. The summed E-state index contributed by atoms with van der Waals surface area (Å²) in [5.74, 6) is -0.408. The number of aromatic nitrogens is 1. The van der Waals surface area contributed by atoms with Gasteiger partial charge in [0.05, 0.1) is 5.02 Å². The Labute approximate surface area is 131 Å². The lowest BCUT2D eigenvalue weighted by atomic mass is 10.1. The summed E-state index contributed by atoms with van der Waals surface area (Å²) in [4.78, 5) is 0.355. The smallest absolute Gasteiger partial charge is 0.142 e. The van der Waals surface area contributed by atoms with Gasteiger partial charge in [-0.25, -0.2) is 4.39 Å². The monoisotopic (exact) mass is 318 g/mol. The van der Waals surface area contributed by atoms with E-state index in [0.717, 1.165) is 22.0 Å². The van der Waals surface area contributed by atoms with E-state index in [2.05, 4.69) is 0 Å². The van der Waals surface area contributed by atoms with Crippen molar-refractivity contribution in [2.45, 2.75) is 6.54 Å². The summed E-state index contributed by atoms with van der Waals surface area (Å²) in [6.07, 6.45) is 1.94. The van der Waals surface area contributed by atoms with Gasteiger partial charge >= 0.3 is 0 Å². The van der Waals surface area contributed by atoms with Crippen molar-refractivity contribution < 1.29 is 4.39 Å². The molecule has 0 radical (unpaired) electrons. The maximum Gasteiger partial charge on any atom is 0.142 e. The lowest BCUT2D eigenvalue weighted by Crippen LogP contribution is -2.09. The summed E-state index contributed by atoms with van der Waals surface area (Å²) in [6, 6.07) is 12.6. The highest BCUT2D eigenvalue weighted by Gasteiger charge is 2.09. The lowest BCUT2D eigenvalue weighted by Gasteiger charge is -2.09. The Hall–Kier alpha value is -1.91. The molecule has 106 valence electrons. The molecular weight excluding hydrogens is 307 g/mol. The van der Waals surface area contributed by atoms with Crippen molar-refractivity contribution in [1.29, 1.82) is 0 Å². The fraction of sp³-hybridized carbons (Fsp3) is 0.0625. The van der Waals surface area contributed by atoms with Crippen LogP contribution in [0.4, 0.5) is 4.39 Å². The Bertz CT molecular complexity index is 841. The highest BCUT2D eigenvalue weighted by Crippen LogP contribution is 2.24. The number of fused-ring (bicyclic) bond motifs is 1. The van der Waals surface area contributed by atoms with Crippen molar-refractivity contribution in [1.82, 2.24) is 4.57 Å². The van der Waals surface area contributed by atoms with E-state index in [1.807, 2.05) is 41.1 Å². The molecule has 5 heteroatoms. The van der Waals surface area contributed by atoms with Crippen molar-refractivity contribution in [3.8, 4) is 0 Å². The van der Waals surface area contributed by atoms with Crippen LogP contribution < -0.4 is 5.73 Å². The van der Waals surface area contributed by atoms with Gasteiger partial charge in [-0.2, -0.15) is 0 Å². The maximum atomic E-state index is 13.5. The summed E-state index contributed by atoms with van der Waals surface area (Å²) in [6.45, 7) is 0.487. The van der Waals surface area contributed by atoms with Crippen LogP contribution in [0.5, 0.6) is 0 Å². The van der Waals surface area contributed by atoms with E-state index in [4.69, 9.17) is 29.6 Å². The third-order valence-electron chi connectivity index (χ3n) is 3.43. The van der Waals surface area contributed by atoms with Gasteiger partial charge in [-0.15, -0.1) is 0 Å². The van der Waals surface area contributed by atoms with E-state index < -0.39 is 5.82 Å². The van der Waals surface area contributed by atoms with Gasteiger partial charge in [0, 0.05) is 23.8 Å². The Kier molecular flexibility index (Phi) is 3.66. The minimum atomic E-state index is -0.408. The van der Waals surface area contributed by atoms with Crippen LogP contribution >= 0.6 is 23.8 Å². The zero-order valence-corrected chi connectivity index (χ0v) is 12.6. The average Bonchev–Trinajstić information content (AvgIpc) is 2.86. The summed E-state index contributed by atoms with van der Waals surface area (Å²) < 4.78 is 15.5. The Morgan fingerprint density at radius 1 is 1.24 bits per heavy atom. The first-order valence-corrected chi connectivity index (χ1v) is 7.16. The van der Waals surface area contributed by atoms with E-state index in [0.29, 0.717) is 11.5 Å². The molecule has 0 unspecified atom stereocenters. The number of halogens is 2. The van der Waals surface area contributed by atoms with Crippen LogP contribution in [0.3, 0.4) is 0 Å². The van der Waals surface area contributed by atoms with Crippen molar-refractivity contribution >= 4 is 39.7 Å². The van der Waals surface area contributed by atoms with E-state index in [1.54, 1.807) is 6.07 Å². The molecule has 2 aromatic carbocycles. The van der Waals surface area contributed by atoms with Gasteiger partial charge in [-0.3, -0.25) is 0 Å². The Morgan fingerprint density at radius 2 is 2.05 bits per heavy atom. The quantitative estimate of drug-likeness (QED) is 0.737. The van der Waals surface area contributed by atoms with Crippen molar-refractivity contribution in [2.75, 3.05) is 0 Å². The third-order valence-corrected chi connectivity index (χ3v) is 4.09. The minimum Gasteiger partial charge on any atom is -0.389 e. The zero-order chi connectivity index (χ0) is 15.0. The molecule has 3 rings (SSSR count). The fourth-order valence-electron chi connectivity index (χ4n) is 2.33. The molecule has 0 spiro atoms. The predicted molar refractivity (Wildman–Crippen MR) is 88.3 cm³/mol. The van der Waals surface area contributed by atoms with Crippen molar-refractivity contribution in [2.24, 2.45) is 5.73 Å². The molecule has 0 amide bonds. The normalized spacial score (nSPS) is 11.0. The highest BCUT2D eigenvalue weighted by atomic mass is 35.5. The summed E-state index contributed by atoms with van der Waals surface area (Å²) in [5, 5.41) is 1.23. The highest BCUT2D eigenvalue weighted by molar-refractivity contribution is 7.80. The molecule has 3 aromatic rings. The zero-order valence-electron chi connectivity index (χ0n) is 11.0. The standard InChI is InChI=1S/C16H12ClFN2S/c17-15-12(2-1-3-13(15)18)9-20-7-6-10-4-5-11(16(19)21)8-14(10)20/h1-8H,9H2,(H2,19,21). The van der Waals surface area contributed by atoms with Gasteiger partial charge in [0.2, 0.25) is 0 Å². The number of rotatable bonds is 3. The largest absolute Gasteiger partial charge is 0.389 e. The molecule has 2 N–H and O–H groups in total. The predicted octanol–water partition coefficient (Wildman–Crippen LogP) is 4.12. The molecular formula is C16H12ClFN2S. The number of hydrogen-bond acceptors (Lipinski definition) is 1. The average molecular weight is 319 g/mol. The molecule has 0 saturated heterocycles. The van der Waals surface area contributed by atoms with Gasteiger partial charge in [0.25, 0.3) is 0 Å². The SMILES string of the molecule is NC(=S)c1ccc2ccn(Cc3cccc(F)c3Cl)c2c1. The molecule has 0 atom stereocenters. The number of hydrogen-bond donors (Lipinski definition) is 1. The van der Waals surface area contributed by atoms with Crippen LogP contribution in [0.25, 0.3) is 10.9 Å². The molecule has 1 aromatic heterocycles. The first kappa shape index (κ1) is 14.0. The Morgan fingerprint density at radius 3 is 2.81 bits per heavy atom. The molecule has 0 aliphatic carbocycles. The minimum absolute atomic E-state index is 0.157. The van der Waals surface area contributed by atoms with Crippen LogP contribution in [0.15, 0.2) is 48.7 Å². The first-order chi connectivity index (χ1) is 10.1. The lowest BCUT2D eigenvalue weighted by molar-refractivity contribution is 0.624. The van der Waals surface area contributed by atoms with Crippen molar-refractivity contribution in [3.05, 3.63) is 70.6 Å². The summed E-state index contributed by atoms with van der Waals surface area (Å²) >= 11 is 11.0. The van der Waals surface area contributed by atoms with Crippen LogP contribution in [0, 0.1) is 5.82 Å².